The highest BCUT2D eigenvalue weighted by molar-refractivity contribution is 5.98. The smallest absolute Gasteiger partial charge is 0.230 e. The van der Waals surface area contributed by atoms with Crippen LogP contribution in [0.25, 0.3) is 0 Å². The Kier molecular flexibility index (Phi) is 4.07. The van der Waals surface area contributed by atoms with Gasteiger partial charge in [0.15, 0.2) is 0 Å². The highest BCUT2D eigenvalue weighted by Gasteiger charge is 2.28. The Morgan fingerprint density at radius 1 is 1.50 bits per heavy atom. The molecule has 0 aromatic rings. The Balaban J connectivity index is 2.47. The minimum Gasteiger partial charge on any atom is -0.394 e. The highest BCUT2D eigenvalue weighted by atomic mass is 16.3. The maximum atomic E-state index is 11.6. The van der Waals surface area contributed by atoms with Crippen LogP contribution in [0.5, 0.6) is 0 Å². The first-order valence-electron chi connectivity index (χ1n) is 5.11. The van der Waals surface area contributed by atoms with Gasteiger partial charge in [0.05, 0.1) is 19.1 Å². The summed E-state index contributed by atoms with van der Waals surface area (Å²) in [6.07, 6.45) is 2.18. The maximum Gasteiger partial charge on any atom is 0.230 e. The van der Waals surface area contributed by atoms with Crippen LogP contribution in [0.2, 0.25) is 0 Å². The molecule has 80 valence electrons. The molecule has 1 fully saturated rings. The van der Waals surface area contributed by atoms with Gasteiger partial charge in [-0.2, -0.15) is 0 Å². The third-order valence-electron chi connectivity index (χ3n) is 2.65. The van der Waals surface area contributed by atoms with Gasteiger partial charge in [-0.15, -0.1) is 0 Å². The van der Waals surface area contributed by atoms with E-state index >= 15 is 0 Å². The van der Waals surface area contributed by atoms with E-state index < -0.39 is 0 Å². The molecule has 4 nitrogen and oxygen atoms in total. The number of rotatable bonds is 4. The van der Waals surface area contributed by atoms with E-state index in [2.05, 4.69) is 0 Å². The van der Waals surface area contributed by atoms with Crippen LogP contribution in [0.3, 0.4) is 0 Å². The predicted octanol–water partition coefficient (Wildman–Crippen LogP) is 0.339. The fourth-order valence-corrected chi connectivity index (χ4v) is 1.75. The SMILES string of the molecule is CCC(=O)CC(=O)N1CCCC1CO. The second kappa shape index (κ2) is 5.10. The van der Waals surface area contributed by atoms with Crippen LogP contribution in [-0.4, -0.2) is 40.9 Å². The van der Waals surface area contributed by atoms with Crippen molar-refractivity contribution in [2.45, 2.75) is 38.6 Å². The third kappa shape index (κ3) is 2.54. The first-order chi connectivity index (χ1) is 6.69. The summed E-state index contributed by atoms with van der Waals surface area (Å²) in [7, 11) is 0. The van der Waals surface area contributed by atoms with Crippen molar-refractivity contribution in [2.75, 3.05) is 13.2 Å². The zero-order valence-electron chi connectivity index (χ0n) is 8.53. The molecular weight excluding hydrogens is 182 g/mol. The number of carbonyl (C=O) groups is 2. The summed E-state index contributed by atoms with van der Waals surface area (Å²) < 4.78 is 0. The number of amides is 1. The zero-order valence-corrected chi connectivity index (χ0v) is 8.53. The van der Waals surface area contributed by atoms with E-state index in [1.54, 1.807) is 11.8 Å². The average Bonchev–Trinajstić information content (AvgIpc) is 2.65. The Morgan fingerprint density at radius 2 is 2.21 bits per heavy atom. The fraction of sp³-hybridized carbons (Fsp3) is 0.800. The number of likely N-dealkylation sites (tertiary alicyclic amines) is 1. The number of ketones is 1. The first-order valence-corrected chi connectivity index (χ1v) is 5.11. The van der Waals surface area contributed by atoms with Gasteiger partial charge in [-0.1, -0.05) is 6.92 Å². The van der Waals surface area contributed by atoms with Crippen LogP contribution >= 0.6 is 0 Å². The highest BCUT2D eigenvalue weighted by Crippen LogP contribution is 2.17. The predicted molar refractivity (Wildman–Crippen MR) is 51.7 cm³/mol. The van der Waals surface area contributed by atoms with E-state index in [1.807, 2.05) is 0 Å². The molecule has 1 amide bonds. The van der Waals surface area contributed by atoms with Gasteiger partial charge in [-0.3, -0.25) is 9.59 Å². The van der Waals surface area contributed by atoms with E-state index in [0.717, 1.165) is 12.8 Å². The number of aliphatic hydroxyl groups is 1. The van der Waals surface area contributed by atoms with Crippen LogP contribution in [0, 0.1) is 0 Å². The van der Waals surface area contributed by atoms with Crippen LogP contribution < -0.4 is 0 Å². The summed E-state index contributed by atoms with van der Waals surface area (Å²) in [4.78, 5) is 24.3. The Bertz CT molecular complexity index is 227. The monoisotopic (exact) mass is 199 g/mol. The topological polar surface area (TPSA) is 57.6 Å². The van der Waals surface area contributed by atoms with Crippen molar-refractivity contribution in [3.05, 3.63) is 0 Å². The molecule has 0 bridgehead atoms. The molecule has 0 aromatic carbocycles. The molecule has 1 N–H and O–H groups in total. The Hall–Kier alpha value is -0.900. The molecule has 1 aliphatic rings. The fourth-order valence-electron chi connectivity index (χ4n) is 1.75. The first kappa shape index (κ1) is 11.2. The molecule has 4 heteroatoms. The van der Waals surface area contributed by atoms with Crippen LogP contribution in [-0.2, 0) is 9.59 Å². The Labute approximate surface area is 83.9 Å². The van der Waals surface area contributed by atoms with Gasteiger partial charge in [0.2, 0.25) is 5.91 Å². The van der Waals surface area contributed by atoms with E-state index in [9.17, 15) is 9.59 Å². The maximum absolute atomic E-state index is 11.6. The molecule has 0 radical (unpaired) electrons. The van der Waals surface area contributed by atoms with Crippen LogP contribution in [0.15, 0.2) is 0 Å². The van der Waals surface area contributed by atoms with Crippen molar-refractivity contribution in [3.8, 4) is 0 Å². The van der Waals surface area contributed by atoms with Crippen molar-refractivity contribution in [1.29, 1.82) is 0 Å². The second-order valence-corrected chi connectivity index (χ2v) is 3.63. The van der Waals surface area contributed by atoms with Crippen LogP contribution in [0.4, 0.5) is 0 Å². The van der Waals surface area contributed by atoms with E-state index in [0.29, 0.717) is 13.0 Å². The van der Waals surface area contributed by atoms with E-state index in [-0.39, 0.29) is 30.8 Å². The summed E-state index contributed by atoms with van der Waals surface area (Å²) in [5, 5.41) is 9.00. The molecule has 0 aliphatic carbocycles. The molecule has 1 unspecified atom stereocenters. The van der Waals surface area contributed by atoms with Crippen molar-refractivity contribution >= 4 is 11.7 Å². The molecule has 1 saturated heterocycles. The van der Waals surface area contributed by atoms with E-state index in [4.69, 9.17) is 5.11 Å². The second-order valence-electron chi connectivity index (χ2n) is 3.63. The molecular formula is C10H17NO3. The van der Waals surface area contributed by atoms with Gasteiger partial charge >= 0.3 is 0 Å². The van der Waals surface area contributed by atoms with Gasteiger partial charge in [0, 0.05) is 13.0 Å². The quantitative estimate of drug-likeness (QED) is 0.664. The van der Waals surface area contributed by atoms with Gasteiger partial charge in [-0.05, 0) is 12.8 Å². The van der Waals surface area contributed by atoms with Crippen molar-refractivity contribution in [3.63, 3.8) is 0 Å². The largest absolute Gasteiger partial charge is 0.394 e. The normalized spacial score (nSPS) is 21.3. The minimum atomic E-state index is -0.131. The van der Waals surface area contributed by atoms with Gasteiger partial charge in [-0.25, -0.2) is 0 Å². The molecule has 1 heterocycles. The number of nitrogens with zero attached hydrogens (tertiary/aromatic N) is 1. The molecule has 14 heavy (non-hydrogen) atoms. The lowest BCUT2D eigenvalue weighted by molar-refractivity contribution is -0.136. The molecule has 1 rings (SSSR count). The van der Waals surface area contributed by atoms with Crippen molar-refractivity contribution in [2.24, 2.45) is 0 Å². The lowest BCUT2D eigenvalue weighted by Gasteiger charge is -2.22. The lowest BCUT2D eigenvalue weighted by Crippen LogP contribution is -2.38. The number of carbonyl (C=O) groups excluding carboxylic acids is 2. The number of hydrogen-bond acceptors (Lipinski definition) is 3. The molecule has 0 spiro atoms. The molecule has 1 atom stereocenters. The molecule has 0 aromatic heterocycles. The summed E-state index contributed by atoms with van der Waals surface area (Å²) in [6.45, 7) is 2.44. The average molecular weight is 199 g/mol. The number of Topliss-reactive ketones (excluding diaryl/α,β-unsaturated/α-hetero) is 1. The van der Waals surface area contributed by atoms with Gasteiger partial charge in [0.25, 0.3) is 0 Å². The van der Waals surface area contributed by atoms with Crippen LogP contribution in [0.1, 0.15) is 32.6 Å². The summed E-state index contributed by atoms with van der Waals surface area (Å²) in [5.41, 5.74) is 0. The van der Waals surface area contributed by atoms with E-state index in [1.165, 1.54) is 0 Å². The van der Waals surface area contributed by atoms with Gasteiger partial charge < -0.3 is 10.0 Å². The third-order valence-corrected chi connectivity index (χ3v) is 2.65. The number of aliphatic hydroxyl groups excluding tert-OH is 1. The zero-order chi connectivity index (χ0) is 10.6. The molecule has 0 saturated carbocycles. The summed E-state index contributed by atoms with van der Waals surface area (Å²) >= 11 is 0. The molecule has 1 aliphatic heterocycles. The van der Waals surface area contributed by atoms with Crippen molar-refractivity contribution < 1.29 is 14.7 Å². The number of hydrogen-bond donors (Lipinski definition) is 1. The minimum absolute atomic E-state index is 0.00601. The Morgan fingerprint density at radius 3 is 2.79 bits per heavy atom. The van der Waals surface area contributed by atoms with Gasteiger partial charge in [0.1, 0.15) is 5.78 Å². The lowest BCUT2D eigenvalue weighted by atomic mass is 10.2. The van der Waals surface area contributed by atoms with Crippen molar-refractivity contribution in [1.82, 2.24) is 4.90 Å². The standard InChI is InChI=1S/C10H17NO3/c1-2-9(13)6-10(14)11-5-3-4-8(11)7-12/h8,12H,2-7H2,1H3. The summed E-state index contributed by atoms with van der Waals surface area (Å²) in [6, 6.07) is -0.0628. The summed E-state index contributed by atoms with van der Waals surface area (Å²) in [5.74, 6) is -0.160.